The zero-order chi connectivity index (χ0) is 11.5. The molecule has 1 aliphatic heterocycles. The fourth-order valence-electron chi connectivity index (χ4n) is 1.51. The second kappa shape index (κ2) is 4.84. The Kier molecular flexibility index (Phi) is 3.46. The van der Waals surface area contributed by atoms with Gasteiger partial charge in [0.05, 0.1) is 24.2 Å². The molecule has 0 unspecified atom stereocenters. The number of ether oxygens (including phenoxy) is 2. The number of hydrogen-bond acceptors (Lipinski definition) is 4. The van der Waals surface area contributed by atoms with Crippen molar-refractivity contribution in [3.8, 4) is 11.5 Å². The monoisotopic (exact) mass is 285 g/mol. The lowest BCUT2D eigenvalue weighted by Crippen LogP contribution is -2.13. The Morgan fingerprint density at radius 3 is 2.88 bits per heavy atom. The van der Waals surface area contributed by atoms with Crippen LogP contribution < -0.4 is 15.2 Å². The molecule has 0 saturated heterocycles. The maximum Gasteiger partial charge on any atom is 0.176 e. The minimum Gasteiger partial charge on any atom is -0.489 e. The highest BCUT2D eigenvalue weighted by Gasteiger charge is 2.17. The van der Waals surface area contributed by atoms with Crippen molar-refractivity contribution in [1.29, 1.82) is 0 Å². The van der Waals surface area contributed by atoms with Gasteiger partial charge in [-0.15, -0.1) is 0 Å². The van der Waals surface area contributed by atoms with Crippen LogP contribution in [0.15, 0.2) is 16.6 Å². The molecule has 0 spiro atoms. The molecule has 86 valence electrons. The highest BCUT2D eigenvalue weighted by molar-refractivity contribution is 9.10. The SMILES string of the molecule is NCC(=O)c1cc(Br)c2c(c1)OCCCO2. The second-order valence-corrected chi connectivity index (χ2v) is 4.32. The molecule has 0 aliphatic carbocycles. The van der Waals surface area contributed by atoms with Crippen LogP contribution >= 0.6 is 15.9 Å². The van der Waals surface area contributed by atoms with Crippen LogP contribution in [0.25, 0.3) is 0 Å². The minimum atomic E-state index is -0.114. The van der Waals surface area contributed by atoms with Gasteiger partial charge in [0.2, 0.25) is 0 Å². The molecule has 0 fully saturated rings. The van der Waals surface area contributed by atoms with E-state index in [1.165, 1.54) is 0 Å². The molecule has 4 nitrogen and oxygen atoms in total. The summed E-state index contributed by atoms with van der Waals surface area (Å²) in [7, 11) is 0. The lowest BCUT2D eigenvalue weighted by molar-refractivity contribution is 0.100. The van der Waals surface area contributed by atoms with Gasteiger partial charge in [-0.1, -0.05) is 0 Å². The highest BCUT2D eigenvalue weighted by Crippen LogP contribution is 2.38. The molecule has 0 bridgehead atoms. The zero-order valence-electron chi connectivity index (χ0n) is 8.66. The molecule has 1 aliphatic rings. The number of nitrogens with two attached hydrogens (primary N) is 1. The van der Waals surface area contributed by atoms with E-state index in [0.29, 0.717) is 30.3 Å². The number of fused-ring (bicyclic) bond motifs is 1. The summed E-state index contributed by atoms with van der Waals surface area (Å²) in [5.41, 5.74) is 5.86. The number of Topliss-reactive ketones (excluding diaryl/α,β-unsaturated/α-hetero) is 1. The van der Waals surface area contributed by atoms with Crippen LogP contribution in [0.1, 0.15) is 16.8 Å². The average Bonchev–Trinajstić information content (AvgIpc) is 2.53. The van der Waals surface area contributed by atoms with Gasteiger partial charge in [-0.05, 0) is 28.1 Å². The van der Waals surface area contributed by atoms with E-state index in [-0.39, 0.29) is 12.3 Å². The van der Waals surface area contributed by atoms with E-state index in [4.69, 9.17) is 15.2 Å². The molecule has 1 aromatic rings. The van der Waals surface area contributed by atoms with Crippen molar-refractivity contribution < 1.29 is 14.3 Å². The Balaban J connectivity index is 2.43. The average molecular weight is 286 g/mol. The number of halogens is 1. The summed E-state index contributed by atoms with van der Waals surface area (Å²) in [6, 6.07) is 3.39. The Labute approximate surface area is 102 Å². The number of carbonyl (C=O) groups excluding carboxylic acids is 1. The van der Waals surface area contributed by atoms with Crippen molar-refractivity contribution in [1.82, 2.24) is 0 Å². The fourth-order valence-corrected chi connectivity index (χ4v) is 2.07. The van der Waals surface area contributed by atoms with E-state index in [0.717, 1.165) is 10.9 Å². The lowest BCUT2D eigenvalue weighted by atomic mass is 10.1. The molecular weight excluding hydrogens is 274 g/mol. The summed E-state index contributed by atoms with van der Waals surface area (Å²) >= 11 is 3.37. The molecule has 0 radical (unpaired) electrons. The van der Waals surface area contributed by atoms with Crippen molar-refractivity contribution in [3.05, 3.63) is 22.2 Å². The van der Waals surface area contributed by atoms with Crippen LogP contribution in [0.4, 0.5) is 0 Å². The van der Waals surface area contributed by atoms with Crippen molar-refractivity contribution >= 4 is 21.7 Å². The number of rotatable bonds is 2. The first-order chi connectivity index (χ1) is 7.72. The molecule has 1 heterocycles. The fraction of sp³-hybridized carbons (Fsp3) is 0.364. The Bertz CT molecular complexity index is 420. The number of hydrogen-bond donors (Lipinski definition) is 1. The molecule has 2 rings (SSSR count). The van der Waals surface area contributed by atoms with Gasteiger partial charge in [0.15, 0.2) is 17.3 Å². The van der Waals surface area contributed by atoms with E-state index in [1.54, 1.807) is 12.1 Å². The van der Waals surface area contributed by atoms with E-state index in [9.17, 15) is 4.79 Å². The topological polar surface area (TPSA) is 61.6 Å². The van der Waals surface area contributed by atoms with E-state index in [2.05, 4.69) is 15.9 Å². The summed E-state index contributed by atoms with van der Waals surface area (Å²) in [5, 5.41) is 0. The predicted octanol–water partition coefficient (Wildman–Crippen LogP) is 1.75. The van der Waals surface area contributed by atoms with E-state index < -0.39 is 0 Å². The highest BCUT2D eigenvalue weighted by atomic mass is 79.9. The normalized spacial score (nSPS) is 14.4. The molecule has 1 aromatic carbocycles. The molecule has 16 heavy (non-hydrogen) atoms. The third kappa shape index (κ3) is 2.20. The minimum absolute atomic E-state index is 0.00785. The van der Waals surface area contributed by atoms with Gasteiger partial charge in [0.25, 0.3) is 0 Å². The molecule has 0 aromatic heterocycles. The van der Waals surface area contributed by atoms with E-state index >= 15 is 0 Å². The van der Waals surface area contributed by atoms with Crippen LogP contribution in [0.2, 0.25) is 0 Å². The van der Waals surface area contributed by atoms with Gasteiger partial charge in [-0.2, -0.15) is 0 Å². The smallest absolute Gasteiger partial charge is 0.176 e. The summed E-state index contributed by atoms with van der Waals surface area (Å²) in [6.45, 7) is 1.21. The molecule has 2 N–H and O–H groups in total. The maximum atomic E-state index is 11.5. The first-order valence-electron chi connectivity index (χ1n) is 5.05. The molecule has 0 amide bonds. The molecular formula is C11H12BrNO3. The largest absolute Gasteiger partial charge is 0.489 e. The Hall–Kier alpha value is -1.07. The molecule has 0 saturated carbocycles. The standard InChI is InChI=1S/C11H12BrNO3/c12-8-4-7(9(14)6-13)5-10-11(8)16-3-1-2-15-10/h4-5H,1-3,6,13H2. The third-order valence-electron chi connectivity index (χ3n) is 2.31. The van der Waals surface area contributed by atoms with E-state index in [1.807, 2.05) is 0 Å². The van der Waals surface area contributed by atoms with Crippen molar-refractivity contribution in [2.24, 2.45) is 5.73 Å². The Morgan fingerprint density at radius 2 is 2.12 bits per heavy atom. The van der Waals surface area contributed by atoms with Crippen molar-refractivity contribution in [3.63, 3.8) is 0 Å². The van der Waals surface area contributed by atoms with Gasteiger partial charge < -0.3 is 15.2 Å². The summed E-state index contributed by atoms with van der Waals surface area (Å²) in [4.78, 5) is 11.5. The van der Waals surface area contributed by atoms with Crippen LogP contribution in [0.3, 0.4) is 0 Å². The maximum absolute atomic E-state index is 11.5. The van der Waals surface area contributed by atoms with Gasteiger partial charge in [-0.3, -0.25) is 4.79 Å². The lowest BCUT2D eigenvalue weighted by Gasteiger charge is -2.10. The Morgan fingerprint density at radius 1 is 1.38 bits per heavy atom. The zero-order valence-corrected chi connectivity index (χ0v) is 10.2. The van der Waals surface area contributed by atoms with Crippen LogP contribution in [-0.2, 0) is 0 Å². The van der Waals surface area contributed by atoms with Gasteiger partial charge in [0.1, 0.15) is 0 Å². The van der Waals surface area contributed by atoms with Gasteiger partial charge in [0, 0.05) is 12.0 Å². The van der Waals surface area contributed by atoms with Crippen LogP contribution in [-0.4, -0.2) is 25.5 Å². The van der Waals surface area contributed by atoms with Gasteiger partial charge >= 0.3 is 0 Å². The third-order valence-corrected chi connectivity index (χ3v) is 2.90. The molecule has 5 heteroatoms. The summed E-state index contributed by atoms with van der Waals surface area (Å²) in [5.74, 6) is 1.14. The summed E-state index contributed by atoms with van der Waals surface area (Å²) < 4.78 is 11.8. The number of benzene rings is 1. The second-order valence-electron chi connectivity index (χ2n) is 3.46. The summed E-state index contributed by atoms with van der Waals surface area (Å²) in [6.07, 6.45) is 0.835. The van der Waals surface area contributed by atoms with Crippen LogP contribution in [0, 0.1) is 0 Å². The molecule has 0 atom stereocenters. The van der Waals surface area contributed by atoms with Crippen molar-refractivity contribution in [2.75, 3.05) is 19.8 Å². The van der Waals surface area contributed by atoms with Crippen molar-refractivity contribution in [2.45, 2.75) is 6.42 Å². The first kappa shape index (κ1) is 11.4. The predicted molar refractivity (Wildman–Crippen MR) is 63.1 cm³/mol. The quantitative estimate of drug-likeness (QED) is 0.841. The van der Waals surface area contributed by atoms with Gasteiger partial charge in [-0.25, -0.2) is 0 Å². The number of ketones is 1. The van der Waals surface area contributed by atoms with Crippen LogP contribution in [0.5, 0.6) is 11.5 Å². The first-order valence-corrected chi connectivity index (χ1v) is 5.84. The number of carbonyl (C=O) groups is 1.